The van der Waals surface area contributed by atoms with Crippen molar-refractivity contribution in [3.8, 4) is 0 Å². The van der Waals surface area contributed by atoms with Gasteiger partial charge >= 0.3 is 5.97 Å². The molecule has 0 spiro atoms. The average Bonchev–Trinajstić information content (AvgIpc) is 3.12. The van der Waals surface area contributed by atoms with Gasteiger partial charge in [0.2, 0.25) is 0 Å². The number of benzene rings is 1. The number of esters is 1. The third-order valence-corrected chi connectivity index (χ3v) is 6.95. The van der Waals surface area contributed by atoms with Crippen molar-refractivity contribution in [2.45, 2.75) is 20.8 Å². The zero-order valence-electron chi connectivity index (χ0n) is 15.3. The van der Waals surface area contributed by atoms with Gasteiger partial charge in [0.05, 0.1) is 22.1 Å². The molecule has 0 saturated carbocycles. The highest BCUT2D eigenvalue weighted by Gasteiger charge is 2.27. The second kappa shape index (κ2) is 7.90. The minimum Gasteiger partial charge on any atom is -0.462 e. The van der Waals surface area contributed by atoms with Crippen LogP contribution in [-0.4, -0.2) is 24.4 Å². The minimum absolute atomic E-state index is 0.127. The van der Waals surface area contributed by atoms with Crippen LogP contribution in [0, 0.1) is 13.8 Å². The number of aryl methyl sites for hydroxylation is 1. The van der Waals surface area contributed by atoms with E-state index in [1.54, 1.807) is 13.8 Å². The van der Waals surface area contributed by atoms with Gasteiger partial charge in [-0.2, -0.15) is 0 Å². The molecule has 0 unspecified atom stereocenters. The normalized spacial score (nSPS) is 10.9. The van der Waals surface area contributed by atoms with Crippen LogP contribution in [0.2, 0.25) is 5.02 Å². The van der Waals surface area contributed by atoms with Crippen LogP contribution in [0.1, 0.15) is 47.8 Å². The Morgan fingerprint density at radius 3 is 2.54 bits per heavy atom. The molecule has 2 aromatic heterocycles. The molecule has 0 aliphatic rings. The molecule has 1 aromatic carbocycles. The fraction of sp³-hybridized carbons (Fsp3) is 0.211. The van der Waals surface area contributed by atoms with Crippen molar-refractivity contribution in [1.29, 1.82) is 0 Å². The molecule has 3 rings (SSSR count). The molecule has 28 heavy (non-hydrogen) atoms. The van der Waals surface area contributed by atoms with Crippen LogP contribution in [0.4, 0.5) is 5.00 Å². The number of carbonyl (C=O) groups is 3. The summed E-state index contributed by atoms with van der Waals surface area (Å²) in [5.41, 5.74) is 6.95. The van der Waals surface area contributed by atoms with E-state index in [0.717, 1.165) is 27.0 Å². The molecule has 0 radical (unpaired) electrons. The first-order valence-electron chi connectivity index (χ1n) is 8.34. The molecule has 2 heterocycles. The number of amides is 2. The summed E-state index contributed by atoms with van der Waals surface area (Å²) < 4.78 is 5.95. The zero-order valence-corrected chi connectivity index (χ0v) is 17.7. The van der Waals surface area contributed by atoms with Gasteiger partial charge in [0, 0.05) is 10.1 Å². The monoisotopic (exact) mass is 436 g/mol. The Labute approximate surface area is 174 Å². The summed E-state index contributed by atoms with van der Waals surface area (Å²) >= 11 is 8.60. The largest absolute Gasteiger partial charge is 0.462 e. The highest BCUT2D eigenvalue weighted by molar-refractivity contribution is 7.22. The predicted octanol–water partition coefficient (Wildman–Crippen LogP) is 4.76. The van der Waals surface area contributed by atoms with Crippen LogP contribution in [-0.2, 0) is 4.74 Å². The lowest BCUT2D eigenvalue weighted by molar-refractivity contribution is 0.0527. The van der Waals surface area contributed by atoms with Gasteiger partial charge in [-0.05, 0) is 38.0 Å². The first-order chi connectivity index (χ1) is 13.2. The summed E-state index contributed by atoms with van der Waals surface area (Å²) in [4.78, 5) is 37.4. The maximum absolute atomic E-state index is 12.9. The third kappa shape index (κ3) is 3.63. The topological polar surface area (TPSA) is 98.5 Å². The van der Waals surface area contributed by atoms with Crippen LogP contribution >= 0.6 is 34.3 Å². The maximum Gasteiger partial charge on any atom is 0.341 e. The molecule has 6 nitrogen and oxygen atoms in total. The molecule has 0 atom stereocenters. The van der Waals surface area contributed by atoms with E-state index in [-0.39, 0.29) is 22.0 Å². The van der Waals surface area contributed by atoms with Crippen molar-refractivity contribution in [3.05, 3.63) is 49.7 Å². The van der Waals surface area contributed by atoms with E-state index >= 15 is 0 Å². The summed E-state index contributed by atoms with van der Waals surface area (Å²) in [6.07, 6.45) is 0. The lowest BCUT2D eigenvalue weighted by Gasteiger charge is -2.06. The van der Waals surface area contributed by atoms with Gasteiger partial charge in [-0.1, -0.05) is 23.7 Å². The first kappa shape index (κ1) is 20.3. The van der Waals surface area contributed by atoms with Crippen molar-refractivity contribution in [2.24, 2.45) is 5.73 Å². The van der Waals surface area contributed by atoms with Gasteiger partial charge in [0.1, 0.15) is 9.88 Å². The molecule has 3 N–H and O–H groups in total. The molecule has 0 aliphatic carbocycles. The van der Waals surface area contributed by atoms with Crippen LogP contribution in [0.25, 0.3) is 10.1 Å². The SMILES string of the molecule is CCOC(=O)c1c(NC(=O)c2sc3cc(C)ccc3c2Cl)sc(C(N)=O)c1C. The summed E-state index contributed by atoms with van der Waals surface area (Å²) in [7, 11) is 0. The van der Waals surface area contributed by atoms with Crippen molar-refractivity contribution in [3.63, 3.8) is 0 Å². The summed E-state index contributed by atoms with van der Waals surface area (Å²) in [6.45, 7) is 5.38. The minimum atomic E-state index is -0.677. The van der Waals surface area contributed by atoms with E-state index in [2.05, 4.69) is 5.32 Å². The Balaban J connectivity index is 2.02. The van der Waals surface area contributed by atoms with E-state index < -0.39 is 17.8 Å². The lowest BCUT2D eigenvalue weighted by Crippen LogP contribution is -2.14. The quantitative estimate of drug-likeness (QED) is 0.563. The van der Waals surface area contributed by atoms with Gasteiger partial charge in [-0.15, -0.1) is 22.7 Å². The average molecular weight is 437 g/mol. The number of hydrogen-bond acceptors (Lipinski definition) is 6. The number of rotatable bonds is 5. The summed E-state index contributed by atoms with van der Waals surface area (Å²) in [5, 5.41) is 4.03. The van der Waals surface area contributed by atoms with E-state index in [0.29, 0.717) is 15.5 Å². The second-order valence-electron chi connectivity index (χ2n) is 6.04. The van der Waals surface area contributed by atoms with Crippen molar-refractivity contribution < 1.29 is 19.1 Å². The van der Waals surface area contributed by atoms with Crippen molar-refractivity contribution >= 4 is 67.1 Å². The van der Waals surface area contributed by atoms with E-state index in [4.69, 9.17) is 22.1 Å². The van der Waals surface area contributed by atoms with E-state index in [1.807, 2.05) is 25.1 Å². The molecule has 9 heteroatoms. The van der Waals surface area contributed by atoms with Crippen LogP contribution in [0.5, 0.6) is 0 Å². The standard InChI is InChI=1S/C19H17ClN2O4S2/c1-4-26-19(25)12-9(3)14(16(21)23)28-18(12)22-17(24)15-13(20)10-6-5-8(2)7-11(10)27-15/h5-7H,4H2,1-3H3,(H2,21,23)(H,22,24). The fourth-order valence-electron chi connectivity index (χ4n) is 2.76. The van der Waals surface area contributed by atoms with Crippen molar-refractivity contribution in [2.75, 3.05) is 11.9 Å². The number of primary amides is 1. The first-order valence-corrected chi connectivity index (χ1v) is 10.4. The number of anilines is 1. The summed E-state index contributed by atoms with van der Waals surface area (Å²) in [6, 6.07) is 5.74. The Morgan fingerprint density at radius 1 is 1.18 bits per heavy atom. The third-order valence-electron chi connectivity index (χ3n) is 4.07. The van der Waals surface area contributed by atoms with Gasteiger partial charge < -0.3 is 15.8 Å². The fourth-order valence-corrected chi connectivity index (χ4v) is 5.32. The lowest BCUT2D eigenvalue weighted by atomic mass is 10.1. The van der Waals surface area contributed by atoms with E-state index in [1.165, 1.54) is 11.3 Å². The molecule has 0 saturated heterocycles. The van der Waals surface area contributed by atoms with E-state index in [9.17, 15) is 14.4 Å². The number of nitrogens with one attached hydrogen (secondary N) is 1. The number of fused-ring (bicyclic) bond motifs is 1. The Bertz CT molecular complexity index is 1120. The number of carbonyl (C=O) groups excluding carboxylic acids is 3. The highest BCUT2D eigenvalue weighted by Crippen LogP contribution is 2.38. The Kier molecular flexibility index (Phi) is 5.74. The second-order valence-corrected chi connectivity index (χ2v) is 8.49. The van der Waals surface area contributed by atoms with Gasteiger partial charge in [-0.25, -0.2) is 4.79 Å². The van der Waals surface area contributed by atoms with Crippen LogP contribution < -0.4 is 11.1 Å². The predicted molar refractivity (Wildman–Crippen MR) is 113 cm³/mol. The molecule has 0 aliphatic heterocycles. The number of thiophene rings is 2. The zero-order chi connectivity index (χ0) is 20.6. The van der Waals surface area contributed by atoms with Gasteiger partial charge in [0.25, 0.3) is 11.8 Å². The number of halogens is 1. The Hall–Kier alpha value is -2.42. The molecule has 0 bridgehead atoms. The maximum atomic E-state index is 12.9. The Morgan fingerprint density at radius 2 is 1.89 bits per heavy atom. The number of ether oxygens (including phenoxy) is 1. The van der Waals surface area contributed by atoms with Gasteiger partial charge in [-0.3, -0.25) is 9.59 Å². The molecule has 2 amide bonds. The summed E-state index contributed by atoms with van der Waals surface area (Å²) in [5.74, 6) is -1.77. The highest BCUT2D eigenvalue weighted by atomic mass is 35.5. The van der Waals surface area contributed by atoms with Crippen LogP contribution in [0.15, 0.2) is 18.2 Å². The van der Waals surface area contributed by atoms with Crippen molar-refractivity contribution in [1.82, 2.24) is 0 Å². The molecular weight excluding hydrogens is 420 g/mol. The number of hydrogen-bond donors (Lipinski definition) is 2. The molecule has 0 fully saturated rings. The van der Waals surface area contributed by atoms with Crippen LogP contribution in [0.3, 0.4) is 0 Å². The molecule has 146 valence electrons. The molecule has 3 aromatic rings. The smallest absolute Gasteiger partial charge is 0.341 e. The van der Waals surface area contributed by atoms with Gasteiger partial charge in [0.15, 0.2) is 0 Å². The number of nitrogens with two attached hydrogens (primary N) is 1. The molecular formula is C19H17ClN2O4S2.